The lowest BCUT2D eigenvalue weighted by Gasteiger charge is -2.02. The van der Waals surface area contributed by atoms with Crippen LogP contribution >= 0.6 is 15.9 Å². The third kappa shape index (κ3) is 2.19. The molecule has 4 heteroatoms. The fraction of sp³-hybridized carbons (Fsp3) is 0.444. The summed E-state index contributed by atoms with van der Waals surface area (Å²) in [6.45, 7) is 8.28. The summed E-state index contributed by atoms with van der Waals surface area (Å²) in [5.41, 5.74) is 2.79. The van der Waals surface area contributed by atoms with Crippen LogP contribution in [0, 0.1) is 13.8 Å². The molecule has 0 unspecified atom stereocenters. The topological polar surface area (TPSA) is 38.0 Å². The molecule has 0 aromatic carbocycles. The number of hydrogen-bond donors (Lipinski definition) is 1. The molecule has 0 radical (unpaired) electrons. The van der Waals surface area contributed by atoms with Crippen molar-refractivity contribution in [3.05, 3.63) is 28.0 Å². The highest BCUT2D eigenvalue weighted by molar-refractivity contribution is 9.11. The van der Waals surface area contributed by atoms with E-state index in [0.29, 0.717) is 6.54 Å². The van der Waals surface area contributed by atoms with Crippen LogP contribution in [0.15, 0.2) is 11.1 Å². The van der Waals surface area contributed by atoms with Crippen LogP contribution in [0.3, 0.4) is 0 Å². The highest BCUT2D eigenvalue weighted by Crippen LogP contribution is 2.15. The largest absolute Gasteiger partial charge is 0.392 e. The van der Waals surface area contributed by atoms with Crippen molar-refractivity contribution in [2.75, 3.05) is 0 Å². The van der Waals surface area contributed by atoms with Gasteiger partial charge >= 0.3 is 0 Å². The van der Waals surface area contributed by atoms with E-state index in [2.05, 4.69) is 27.6 Å². The van der Waals surface area contributed by atoms with E-state index in [1.807, 2.05) is 18.5 Å². The molecule has 0 saturated heterocycles. The van der Waals surface area contributed by atoms with Crippen molar-refractivity contribution in [3.8, 4) is 0 Å². The number of hydrogen-bond acceptors (Lipinski definition) is 2. The van der Waals surface area contributed by atoms with Gasteiger partial charge in [0, 0.05) is 15.7 Å². The number of rotatable bonds is 3. The quantitative estimate of drug-likeness (QED) is 0.883. The van der Waals surface area contributed by atoms with E-state index in [4.69, 9.17) is 5.11 Å². The number of aliphatic hydroxyl groups excluding tert-OH is 1. The maximum Gasteiger partial charge on any atom is 0.0721 e. The van der Waals surface area contributed by atoms with E-state index in [9.17, 15) is 0 Å². The summed E-state index contributed by atoms with van der Waals surface area (Å²) in [6, 6.07) is 0. The van der Waals surface area contributed by atoms with Crippen molar-refractivity contribution in [1.82, 2.24) is 9.78 Å². The Hall–Kier alpha value is -0.610. The van der Waals surface area contributed by atoms with E-state index < -0.39 is 0 Å². The first-order valence-electron chi connectivity index (χ1n) is 4.03. The van der Waals surface area contributed by atoms with Gasteiger partial charge in [0.15, 0.2) is 0 Å². The van der Waals surface area contributed by atoms with Crippen molar-refractivity contribution in [2.45, 2.75) is 27.0 Å². The molecule has 0 amide bonds. The molecular formula is C9H13BrN2O. The van der Waals surface area contributed by atoms with E-state index in [1.165, 1.54) is 0 Å². The fourth-order valence-electron chi connectivity index (χ4n) is 1.28. The van der Waals surface area contributed by atoms with Crippen LogP contribution in [0.5, 0.6) is 0 Å². The molecule has 1 N–H and O–H groups in total. The highest BCUT2D eigenvalue weighted by Gasteiger charge is 2.09. The SMILES string of the molecule is C=C(Br)Cn1nc(C)c(CO)c1C. The molecule has 3 nitrogen and oxygen atoms in total. The average Bonchev–Trinajstić information content (AvgIpc) is 2.26. The van der Waals surface area contributed by atoms with Gasteiger partial charge in [-0.3, -0.25) is 4.68 Å². The lowest BCUT2D eigenvalue weighted by molar-refractivity contribution is 0.280. The first-order chi connectivity index (χ1) is 6.06. The normalized spacial score (nSPS) is 10.5. The third-order valence-corrected chi connectivity index (χ3v) is 2.26. The minimum atomic E-state index is 0.0480. The maximum atomic E-state index is 9.06. The predicted octanol–water partition coefficient (Wildman–Crippen LogP) is 1.90. The number of aliphatic hydroxyl groups is 1. The van der Waals surface area contributed by atoms with Crippen LogP contribution in [-0.4, -0.2) is 14.9 Å². The average molecular weight is 245 g/mol. The molecule has 1 rings (SSSR count). The smallest absolute Gasteiger partial charge is 0.0721 e. The first-order valence-corrected chi connectivity index (χ1v) is 4.82. The van der Waals surface area contributed by atoms with Crippen molar-refractivity contribution in [1.29, 1.82) is 0 Å². The second kappa shape index (κ2) is 4.07. The molecule has 0 aliphatic rings. The first kappa shape index (κ1) is 10.5. The third-order valence-electron chi connectivity index (χ3n) is 2.01. The molecule has 0 spiro atoms. The Balaban J connectivity index is 3.03. The Morgan fingerprint density at radius 2 is 2.23 bits per heavy atom. The second-order valence-electron chi connectivity index (χ2n) is 2.98. The Bertz CT molecular complexity index is 331. The molecule has 1 heterocycles. The molecule has 1 aromatic rings. The van der Waals surface area contributed by atoms with Crippen molar-refractivity contribution in [3.63, 3.8) is 0 Å². The molecule has 0 atom stereocenters. The summed E-state index contributed by atoms with van der Waals surface area (Å²) in [4.78, 5) is 0. The van der Waals surface area contributed by atoms with E-state index >= 15 is 0 Å². The molecule has 0 fully saturated rings. The van der Waals surface area contributed by atoms with Crippen molar-refractivity contribution in [2.24, 2.45) is 0 Å². The van der Waals surface area contributed by atoms with Crippen LogP contribution in [0.2, 0.25) is 0 Å². The van der Waals surface area contributed by atoms with Crippen LogP contribution < -0.4 is 0 Å². The summed E-state index contributed by atoms with van der Waals surface area (Å²) in [6.07, 6.45) is 0. The van der Waals surface area contributed by atoms with Crippen molar-refractivity contribution < 1.29 is 5.11 Å². The van der Waals surface area contributed by atoms with Gasteiger partial charge in [-0.2, -0.15) is 5.10 Å². The number of halogens is 1. The van der Waals surface area contributed by atoms with Gasteiger partial charge in [-0.15, -0.1) is 0 Å². The van der Waals surface area contributed by atoms with Gasteiger partial charge in [0.2, 0.25) is 0 Å². The van der Waals surface area contributed by atoms with Gasteiger partial charge in [-0.1, -0.05) is 22.5 Å². The van der Waals surface area contributed by atoms with Gasteiger partial charge in [-0.25, -0.2) is 0 Å². The summed E-state index contributed by atoms with van der Waals surface area (Å²) in [5.74, 6) is 0. The lowest BCUT2D eigenvalue weighted by atomic mass is 10.2. The van der Waals surface area contributed by atoms with Crippen molar-refractivity contribution >= 4 is 15.9 Å². The van der Waals surface area contributed by atoms with Crippen LogP contribution in [-0.2, 0) is 13.2 Å². The fourth-order valence-corrected chi connectivity index (χ4v) is 1.52. The monoisotopic (exact) mass is 244 g/mol. The molecule has 13 heavy (non-hydrogen) atoms. The molecule has 0 bridgehead atoms. The summed E-state index contributed by atoms with van der Waals surface area (Å²) >= 11 is 3.28. The molecule has 0 saturated carbocycles. The Labute approximate surface area is 86.2 Å². The summed E-state index contributed by atoms with van der Waals surface area (Å²) in [5, 5.41) is 13.3. The maximum absolute atomic E-state index is 9.06. The molecule has 72 valence electrons. The second-order valence-corrected chi connectivity index (χ2v) is 4.10. The summed E-state index contributed by atoms with van der Waals surface area (Å²) in [7, 11) is 0. The van der Waals surface area contributed by atoms with Gasteiger partial charge in [0.05, 0.1) is 18.8 Å². The zero-order valence-electron chi connectivity index (χ0n) is 7.84. The summed E-state index contributed by atoms with van der Waals surface area (Å²) < 4.78 is 2.71. The lowest BCUT2D eigenvalue weighted by Crippen LogP contribution is -2.02. The van der Waals surface area contributed by atoms with E-state index in [0.717, 1.165) is 21.4 Å². The molecule has 1 aromatic heterocycles. The predicted molar refractivity (Wildman–Crippen MR) is 55.7 cm³/mol. The van der Waals surface area contributed by atoms with Gasteiger partial charge in [0.25, 0.3) is 0 Å². The minimum absolute atomic E-state index is 0.0480. The van der Waals surface area contributed by atoms with Gasteiger partial charge in [0.1, 0.15) is 0 Å². The van der Waals surface area contributed by atoms with Crippen LogP contribution in [0.4, 0.5) is 0 Å². The number of nitrogens with zero attached hydrogens (tertiary/aromatic N) is 2. The number of allylic oxidation sites excluding steroid dienone is 1. The van der Waals surface area contributed by atoms with Crippen LogP contribution in [0.1, 0.15) is 17.0 Å². The zero-order valence-corrected chi connectivity index (χ0v) is 9.43. The molecular weight excluding hydrogens is 232 g/mol. The Morgan fingerprint density at radius 1 is 1.62 bits per heavy atom. The Morgan fingerprint density at radius 3 is 2.62 bits per heavy atom. The van der Waals surface area contributed by atoms with E-state index in [1.54, 1.807) is 0 Å². The minimum Gasteiger partial charge on any atom is -0.392 e. The molecule has 0 aliphatic carbocycles. The highest BCUT2D eigenvalue weighted by atomic mass is 79.9. The number of aromatic nitrogens is 2. The standard InChI is InChI=1S/C9H13BrN2O/c1-6(10)4-12-8(3)9(5-13)7(2)11-12/h13H,1,4-5H2,2-3H3. The molecule has 0 aliphatic heterocycles. The zero-order chi connectivity index (χ0) is 10.0. The van der Waals surface area contributed by atoms with Crippen LogP contribution in [0.25, 0.3) is 0 Å². The van der Waals surface area contributed by atoms with Gasteiger partial charge in [-0.05, 0) is 13.8 Å². The van der Waals surface area contributed by atoms with E-state index in [-0.39, 0.29) is 6.61 Å². The Kier molecular flexibility index (Phi) is 3.27. The van der Waals surface area contributed by atoms with Gasteiger partial charge < -0.3 is 5.11 Å². The number of aryl methyl sites for hydroxylation is 1.